The van der Waals surface area contributed by atoms with Gasteiger partial charge < -0.3 is 15.4 Å². The Morgan fingerprint density at radius 1 is 1.13 bits per heavy atom. The van der Waals surface area contributed by atoms with Crippen LogP contribution < -0.4 is 15.4 Å². The van der Waals surface area contributed by atoms with Gasteiger partial charge in [0.1, 0.15) is 11.4 Å². The number of carbonyl (C=O) groups excluding carboxylic acids is 1. The zero-order valence-electron chi connectivity index (χ0n) is 16.5. The van der Waals surface area contributed by atoms with Gasteiger partial charge in [0.15, 0.2) is 0 Å². The summed E-state index contributed by atoms with van der Waals surface area (Å²) in [5, 5.41) is 17.2. The number of methoxy groups -OCH3 is 1. The molecule has 0 spiro atoms. The van der Waals surface area contributed by atoms with E-state index >= 15 is 0 Å². The van der Waals surface area contributed by atoms with Crippen LogP contribution in [0.1, 0.15) is 19.8 Å². The summed E-state index contributed by atoms with van der Waals surface area (Å²) in [6.45, 7) is 2.17. The average Bonchev–Trinajstić information content (AvgIpc) is 3.23. The van der Waals surface area contributed by atoms with E-state index < -0.39 is 14.9 Å². The molecular weight excluding hydrogens is 412 g/mol. The Balaban J connectivity index is 1.99. The van der Waals surface area contributed by atoms with Gasteiger partial charge in [0, 0.05) is 31.8 Å². The summed E-state index contributed by atoms with van der Waals surface area (Å²) in [6, 6.07) is 8.55. The average molecular weight is 434 g/mol. The molecule has 2 aromatic carbocycles. The number of rotatable bonds is 7. The summed E-state index contributed by atoms with van der Waals surface area (Å²) < 4.78 is 32.1. The van der Waals surface area contributed by atoms with Crippen molar-refractivity contribution in [3.8, 4) is 5.75 Å². The normalized spacial score (nSPS) is 14.3. The Bertz CT molecular complexity index is 1080. The molecule has 1 heterocycles. The van der Waals surface area contributed by atoms with E-state index in [1.165, 1.54) is 30.5 Å². The van der Waals surface area contributed by atoms with Crippen molar-refractivity contribution in [2.24, 2.45) is 0 Å². The third-order valence-corrected chi connectivity index (χ3v) is 6.55. The standard InChI is InChI=1S/C19H22N4O6S/c1-13(24)20-14-5-8-19(29-2)17(11-14)21-16-7-6-15(12-18(16)23(25)26)30(27,28)22-9-3-4-10-22/h5-8,11-12,21H,3-4,9-10H2,1-2H3,(H,20,24). The molecule has 3 rings (SSSR count). The second kappa shape index (κ2) is 8.67. The minimum absolute atomic E-state index is 0.0960. The maximum absolute atomic E-state index is 12.7. The van der Waals surface area contributed by atoms with E-state index in [1.54, 1.807) is 18.2 Å². The highest BCUT2D eigenvalue weighted by Crippen LogP contribution is 2.36. The number of nitrogens with zero attached hydrogens (tertiary/aromatic N) is 2. The van der Waals surface area contributed by atoms with E-state index in [0.717, 1.165) is 18.9 Å². The Hall–Kier alpha value is -3.18. The first kappa shape index (κ1) is 21.5. The van der Waals surface area contributed by atoms with Crippen molar-refractivity contribution in [3.63, 3.8) is 0 Å². The van der Waals surface area contributed by atoms with Gasteiger partial charge in [-0.3, -0.25) is 14.9 Å². The number of nitro groups is 1. The summed E-state index contributed by atoms with van der Waals surface area (Å²) in [4.78, 5) is 22.2. The summed E-state index contributed by atoms with van der Waals surface area (Å²) >= 11 is 0. The van der Waals surface area contributed by atoms with Crippen molar-refractivity contribution in [1.82, 2.24) is 4.31 Å². The molecule has 11 heteroatoms. The maximum Gasteiger partial charge on any atom is 0.294 e. The molecule has 0 bridgehead atoms. The number of nitrogens with one attached hydrogen (secondary N) is 2. The molecule has 1 aliphatic rings. The van der Waals surface area contributed by atoms with Crippen LogP contribution >= 0.6 is 0 Å². The molecule has 0 aromatic heterocycles. The van der Waals surface area contributed by atoms with E-state index in [0.29, 0.717) is 30.2 Å². The summed E-state index contributed by atoms with van der Waals surface area (Å²) in [6.07, 6.45) is 1.54. The summed E-state index contributed by atoms with van der Waals surface area (Å²) in [5.74, 6) is 0.126. The number of sulfonamides is 1. The van der Waals surface area contributed by atoms with Gasteiger partial charge in [-0.05, 0) is 43.2 Å². The van der Waals surface area contributed by atoms with Crippen LogP contribution in [0.4, 0.5) is 22.7 Å². The lowest BCUT2D eigenvalue weighted by atomic mass is 10.2. The van der Waals surface area contributed by atoms with Crippen LogP contribution in [-0.2, 0) is 14.8 Å². The smallest absolute Gasteiger partial charge is 0.294 e. The largest absolute Gasteiger partial charge is 0.495 e. The summed E-state index contributed by atoms with van der Waals surface area (Å²) in [7, 11) is -2.35. The Labute approximate surface area is 174 Å². The number of amides is 1. The second-order valence-electron chi connectivity index (χ2n) is 6.77. The van der Waals surface area contributed by atoms with Crippen molar-refractivity contribution in [3.05, 3.63) is 46.5 Å². The minimum Gasteiger partial charge on any atom is -0.495 e. The SMILES string of the molecule is COc1ccc(NC(C)=O)cc1Nc1ccc(S(=O)(=O)N2CCCC2)cc1[N+](=O)[O-]. The van der Waals surface area contributed by atoms with E-state index in [1.807, 2.05) is 0 Å². The number of hydrogen-bond donors (Lipinski definition) is 2. The fourth-order valence-corrected chi connectivity index (χ4v) is 4.78. The molecule has 0 saturated carbocycles. The van der Waals surface area contributed by atoms with Crippen molar-refractivity contribution >= 4 is 38.7 Å². The number of anilines is 3. The van der Waals surface area contributed by atoms with Crippen molar-refractivity contribution in [2.45, 2.75) is 24.7 Å². The molecule has 1 amide bonds. The third-order valence-electron chi connectivity index (χ3n) is 4.66. The molecule has 1 aliphatic heterocycles. The number of nitro benzene ring substituents is 1. The fourth-order valence-electron chi connectivity index (χ4n) is 3.24. The number of benzene rings is 2. The molecule has 1 fully saturated rings. The predicted molar refractivity (Wildman–Crippen MR) is 112 cm³/mol. The number of hydrogen-bond acceptors (Lipinski definition) is 7. The first-order valence-corrected chi connectivity index (χ1v) is 10.7. The van der Waals surface area contributed by atoms with Crippen LogP contribution in [0.2, 0.25) is 0 Å². The second-order valence-corrected chi connectivity index (χ2v) is 8.71. The highest BCUT2D eigenvalue weighted by atomic mass is 32.2. The van der Waals surface area contributed by atoms with Gasteiger partial charge in [-0.1, -0.05) is 0 Å². The Morgan fingerprint density at radius 2 is 1.83 bits per heavy atom. The monoisotopic (exact) mass is 434 g/mol. The van der Waals surface area contributed by atoms with Crippen molar-refractivity contribution in [2.75, 3.05) is 30.8 Å². The van der Waals surface area contributed by atoms with Crippen LogP contribution in [0.15, 0.2) is 41.3 Å². The van der Waals surface area contributed by atoms with Gasteiger partial charge in [0.2, 0.25) is 15.9 Å². The molecule has 10 nitrogen and oxygen atoms in total. The first-order valence-electron chi connectivity index (χ1n) is 9.23. The molecular formula is C19H22N4O6S. The third kappa shape index (κ3) is 4.52. The van der Waals surface area contributed by atoms with E-state index in [-0.39, 0.29) is 22.2 Å². The van der Waals surface area contributed by atoms with Crippen LogP contribution in [0.3, 0.4) is 0 Å². The van der Waals surface area contributed by atoms with Crippen LogP contribution in [0, 0.1) is 10.1 Å². The summed E-state index contributed by atoms with van der Waals surface area (Å²) in [5.41, 5.74) is 0.560. The van der Waals surface area contributed by atoms with Gasteiger partial charge >= 0.3 is 0 Å². The highest BCUT2D eigenvalue weighted by Gasteiger charge is 2.29. The lowest BCUT2D eigenvalue weighted by Gasteiger charge is -2.17. The molecule has 0 radical (unpaired) electrons. The molecule has 1 saturated heterocycles. The van der Waals surface area contributed by atoms with Gasteiger partial charge in [0.05, 0.1) is 22.6 Å². The van der Waals surface area contributed by atoms with Crippen molar-refractivity contribution < 1.29 is 22.9 Å². The maximum atomic E-state index is 12.7. The van der Waals surface area contributed by atoms with Gasteiger partial charge in [-0.2, -0.15) is 4.31 Å². The zero-order valence-corrected chi connectivity index (χ0v) is 17.4. The molecule has 0 unspecified atom stereocenters. The fraction of sp³-hybridized carbons (Fsp3) is 0.316. The zero-order chi connectivity index (χ0) is 21.9. The first-order chi connectivity index (χ1) is 14.2. The van der Waals surface area contributed by atoms with E-state index in [2.05, 4.69) is 10.6 Å². The topological polar surface area (TPSA) is 131 Å². The number of ether oxygens (including phenoxy) is 1. The lowest BCUT2D eigenvalue weighted by molar-refractivity contribution is -0.384. The Kier molecular flexibility index (Phi) is 6.22. The molecule has 160 valence electrons. The predicted octanol–water partition coefficient (Wildman–Crippen LogP) is 3.09. The molecule has 30 heavy (non-hydrogen) atoms. The van der Waals surface area contributed by atoms with Gasteiger partial charge in [0.25, 0.3) is 5.69 Å². The molecule has 0 aliphatic carbocycles. The minimum atomic E-state index is -3.79. The van der Waals surface area contributed by atoms with Crippen LogP contribution in [0.5, 0.6) is 5.75 Å². The molecule has 2 N–H and O–H groups in total. The van der Waals surface area contributed by atoms with Gasteiger partial charge in [-0.15, -0.1) is 0 Å². The van der Waals surface area contributed by atoms with Crippen LogP contribution in [0.25, 0.3) is 0 Å². The highest BCUT2D eigenvalue weighted by molar-refractivity contribution is 7.89. The van der Waals surface area contributed by atoms with Gasteiger partial charge in [-0.25, -0.2) is 8.42 Å². The van der Waals surface area contributed by atoms with Crippen molar-refractivity contribution in [1.29, 1.82) is 0 Å². The van der Waals surface area contributed by atoms with E-state index in [9.17, 15) is 23.3 Å². The molecule has 2 aromatic rings. The lowest BCUT2D eigenvalue weighted by Crippen LogP contribution is -2.27. The van der Waals surface area contributed by atoms with E-state index in [4.69, 9.17) is 4.74 Å². The van der Waals surface area contributed by atoms with Crippen LogP contribution in [-0.4, -0.2) is 43.8 Å². The quantitative estimate of drug-likeness (QED) is 0.506. The Morgan fingerprint density at radius 3 is 2.43 bits per heavy atom. The number of carbonyl (C=O) groups is 1. The molecule has 0 atom stereocenters.